The summed E-state index contributed by atoms with van der Waals surface area (Å²) in [4.78, 5) is 10.7. The van der Waals surface area contributed by atoms with Crippen molar-refractivity contribution in [1.29, 1.82) is 0 Å². The van der Waals surface area contributed by atoms with Gasteiger partial charge in [-0.1, -0.05) is 6.92 Å². The van der Waals surface area contributed by atoms with Gasteiger partial charge in [0.25, 0.3) is 0 Å². The molecule has 0 fully saturated rings. The molecule has 0 atom stereocenters. The number of carbonyl (C=O) groups excluding carboxylic acids is 1. The van der Waals surface area contributed by atoms with Crippen LogP contribution in [0.5, 0.6) is 0 Å². The lowest BCUT2D eigenvalue weighted by Crippen LogP contribution is -2.19. The van der Waals surface area contributed by atoms with Crippen LogP contribution in [0.4, 0.5) is 0 Å². The molecule has 0 spiro atoms. The van der Waals surface area contributed by atoms with Gasteiger partial charge in [0.15, 0.2) is 0 Å². The van der Waals surface area contributed by atoms with Crippen molar-refractivity contribution in [2.45, 2.75) is 13.3 Å². The van der Waals surface area contributed by atoms with Gasteiger partial charge in [-0.25, -0.2) is 4.68 Å². The topological polar surface area (TPSA) is 59.8 Å². The molecule has 0 saturated heterocycles. The largest absolute Gasteiger partial charge is 0.273 e. The Morgan fingerprint density at radius 2 is 2.20 bits per heavy atom. The molecule has 0 aromatic carbocycles. The molecule has 1 N–H and O–H groups in total. The summed E-state index contributed by atoms with van der Waals surface area (Å²) >= 11 is 0. The number of aromatic nitrogens is 3. The normalized spacial score (nSPS) is 9.30. The van der Waals surface area contributed by atoms with Gasteiger partial charge in [-0.15, -0.1) is 10.2 Å². The second kappa shape index (κ2) is 2.95. The van der Waals surface area contributed by atoms with Crippen LogP contribution >= 0.6 is 0 Å². The van der Waals surface area contributed by atoms with E-state index in [1.54, 1.807) is 6.92 Å². The third-order valence-corrected chi connectivity index (χ3v) is 0.994. The van der Waals surface area contributed by atoms with Gasteiger partial charge in [0.05, 0.1) is 0 Å². The highest BCUT2D eigenvalue weighted by atomic mass is 16.2. The van der Waals surface area contributed by atoms with Crippen molar-refractivity contribution in [3.05, 3.63) is 12.7 Å². The average molecular weight is 140 g/mol. The lowest BCUT2D eigenvalue weighted by atomic mass is 10.5. The number of amides is 1. The van der Waals surface area contributed by atoms with E-state index in [0.717, 1.165) is 0 Å². The van der Waals surface area contributed by atoms with E-state index in [-0.39, 0.29) is 5.91 Å². The molecule has 0 aliphatic carbocycles. The van der Waals surface area contributed by atoms with Gasteiger partial charge >= 0.3 is 0 Å². The molecule has 10 heavy (non-hydrogen) atoms. The summed E-state index contributed by atoms with van der Waals surface area (Å²) in [5.74, 6) is -0.0557. The molecule has 1 amide bonds. The third kappa shape index (κ3) is 1.54. The first-order valence-corrected chi connectivity index (χ1v) is 2.97. The van der Waals surface area contributed by atoms with Gasteiger partial charge in [-0.2, -0.15) is 0 Å². The molecule has 54 valence electrons. The van der Waals surface area contributed by atoms with Gasteiger partial charge in [-0.05, 0) is 0 Å². The molecule has 1 heterocycles. The second-order valence-electron chi connectivity index (χ2n) is 1.76. The minimum atomic E-state index is -0.0557. The molecular formula is C5H8N4O. The molecule has 0 aliphatic heterocycles. The van der Waals surface area contributed by atoms with Crippen LogP contribution in [0, 0.1) is 0 Å². The number of hydrogen-bond donors (Lipinski definition) is 1. The smallest absolute Gasteiger partial charge is 0.238 e. The van der Waals surface area contributed by atoms with E-state index in [9.17, 15) is 4.79 Å². The number of nitrogens with one attached hydrogen (secondary N) is 1. The number of carbonyl (C=O) groups is 1. The van der Waals surface area contributed by atoms with E-state index >= 15 is 0 Å². The molecule has 0 bridgehead atoms. The van der Waals surface area contributed by atoms with Crippen LogP contribution in [0.1, 0.15) is 13.3 Å². The molecule has 5 nitrogen and oxygen atoms in total. The fraction of sp³-hybridized carbons (Fsp3) is 0.400. The molecule has 0 unspecified atom stereocenters. The molecule has 0 saturated carbocycles. The van der Waals surface area contributed by atoms with Crippen molar-refractivity contribution in [3.8, 4) is 0 Å². The number of rotatable bonds is 2. The highest BCUT2D eigenvalue weighted by molar-refractivity contribution is 5.83. The Bertz CT molecular complexity index is 205. The zero-order valence-corrected chi connectivity index (χ0v) is 5.61. The van der Waals surface area contributed by atoms with Crippen LogP contribution in [0.2, 0.25) is 0 Å². The summed E-state index contributed by atoms with van der Waals surface area (Å²) in [6, 6.07) is 0. The first-order chi connectivity index (χ1) is 4.83. The van der Waals surface area contributed by atoms with Gasteiger partial charge in [0.2, 0.25) is 5.91 Å². The fourth-order valence-corrected chi connectivity index (χ4v) is 0.481. The van der Waals surface area contributed by atoms with Crippen LogP contribution in [0.15, 0.2) is 12.7 Å². The summed E-state index contributed by atoms with van der Waals surface area (Å²) in [6.07, 6.45) is 3.30. The Hall–Kier alpha value is -1.39. The van der Waals surface area contributed by atoms with E-state index in [1.165, 1.54) is 17.3 Å². The minimum Gasteiger partial charge on any atom is -0.273 e. The number of nitrogens with zero attached hydrogens (tertiary/aromatic N) is 3. The van der Waals surface area contributed by atoms with Crippen LogP contribution in [-0.4, -0.2) is 20.8 Å². The molecule has 0 radical (unpaired) electrons. The Balaban J connectivity index is 2.48. The quantitative estimate of drug-likeness (QED) is 0.616. The predicted octanol–water partition coefficient (Wildman–Crippen LogP) is -0.242. The van der Waals surface area contributed by atoms with Crippen molar-refractivity contribution in [2.24, 2.45) is 0 Å². The maximum atomic E-state index is 10.7. The lowest BCUT2D eigenvalue weighted by Gasteiger charge is -1.99. The van der Waals surface area contributed by atoms with Crippen LogP contribution in [0.3, 0.4) is 0 Å². The summed E-state index contributed by atoms with van der Waals surface area (Å²) in [5, 5.41) is 7.02. The van der Waals surface area contributed by atoms with Gasteiger partial charge in [0, 0.05) is 6.42 Å². The summed E-state index contributed by atoms with van der Waals surface area (Å²) in [5.41, 5.74) is 2.52. The maximum absolute atomic E-state index is 10.7. The van der Waals surface area contributed by atoms with Gasteiger partial charge < -0.3 is 0 Å². The van der Waals surface area contributed by atoms with Crippen LogP contribution < -0.4 is 5.43 Å². The van der Waals surface area contributed by atoms with Gasteiger partial charge in [-0.3, -0.25) is 10.2 Å². The SMILES string of the molecule is CCC(=O)Nn1cnnc1. The first kappa shape index (κ1) is 6.73. The molecule has 1 rings (SSSR count). The molecule has 1 aromatic rings. The lowest BCUT2D eigenvalue weighted by molar-refractivity contribution is -0.116. The molecule has 5 heteroatoms. The standard InChI is InChI=1S/C5H8N4O/c1-2-5(10)8-9-3-6-7-4-9/h3-4H,2H2,1H3,(H,8,10). The monoisotopic (exact) mass is 140 g/mol. The highest BCUT2D eigenvalue weighted by Gasteiger charge is 1.94. The summed E-state index contributed by atoms with van der Waals surface area (Å²) in [6.45, 7) is 1.78. The van der Waals surface area contributed by atoms with Crippen molar-refractivity contribution in [3.63, 3.8) is 0 Å². The third-order valence-electron chi connectivity index (χ3n) is 0.994. The zero-order chi connectivity index (χ0) is 7.40. The Kier molecular flexibility index (Phi) is 1.99. The van der Waals surface area contributed by atoms with Crippen LogP contribution in [0.25, 0.3) is 0 Å². The molecular weight excluding hydrogens is 132 g/mol. The van der Waals surface area contributed by atoms with E-state index in [4.69, 9.17) is 0 Å². The summed E-state index contributed by atoms with van der Waals surface area (Å²) in [7, 11) is 0. The van der Waals surface area contributed by atoms with Crippen molar-refractivity contribution in [2.75, 3.05) is 5.43 Å². The predicted molar refractivity (Wildman–Crippen MR) is 34.7 cm³/mol. The van der Waals surface area contributed by atoms with E-state index in [0.29, 0.717) is 6.42 Å². The second-order valence-corrected chi connectivity index (χ2v) is 1.76. The maximum Gasteiger partial charge on any atom is 0.238 e. The zero-order valence-electron chi connectivity index (χ0n) is 5.61. The molecule has 0 aliphatic rings. The fourth-order valence-electron chi connectivity index (χ4n) is 0.481. The average Bonchev–Trinajstić information content (AvgIpc) is 2.40. The Labute approximate surface area is 58.0 Å². The Morgan fingerprint density at radius 1 is 1.60 bits per heavy atom. The minimum absolute atomic E-state index is 0.0557. The number of hydrogen-bond acceptors (Lipinski definition) is 3. The van der Waals surface area contributed by atoms with Crippen LogP contribution in [-0.2, 0) is 4.79 Å². The van der Waals surface area contributed by atoms with Crippen molar-refractivity contribution in [1.82, 2.24) is 14.9 Å². The van der Waals surface area contributed by atoms with Crippen molar-refractivity contribution < 1.29 is 4.79 Å². The highest BCUT2D eigenvalue weighted by Crippen LogP contribution is 1.79. The molecule has 1 aromatic heterocycles. The van der Waals surface area contributed by atoms with E-state index in [2.05, 4.69) is 15.6 Å². The Morgan fingerprint density at radius 3 is 2.70 bits per heavy atom. The van der Waals surface area contributed by atoms with Crippen molar-refractivity contribution >= 4 is 5.91 Å². The van der Waals surface area contributed by atoms with Gasteiger partial charge in [0.1, 0.15) is 12.7 Å². The van der Waals surface area contributed by atoms with E-state index < -0.39 is 0 Å². The first-order valence-electron chi connectivity index (χ1n) is 2.97. The van der Waals surface area contributed by atoms with E-state index in [1.807, 2.05) is 0 Å². The summed E-state index contributed by atoms with van der Waals surface area (Å²) < 4.78 is 1.41.